The summed E-state index contributed by atoms with van der Waals surface area (Å²) >= 11 is 1.50. The number of thiophene rings is 1. The van der Waals surface area contributed by atoms with Gasteiger partial charge in [0.1, 0.15) is 5.82 Å². The number of nitrogen functional groups attached to an aromatic ring is 1. The number of halogens is 1. The molecular weight excluding hydrogens is 287 g/mol. The number of nitrogens with one attached hydrogen (secondary N) is 1. The number of anilines is 1. The third-order valence-corrected chi connectivity index (χ3v) is 4.82. The SMILES string of the molecule is Cc1ccc(CNS(=O)(=O)c2cc(N)cc(F)c2)s1. The molecule has 0 unspecified atom stereocenters. The molecule has 2 aromatic rings. The zero-order valence-corrected chi connectivity index (χ0v) is 11.8. The number of hydrogen-bond acceptors (Lipinski definition) is 4. The Labute approximate surface area is 115 Å². The van der Waals surface area contributed by atoms with Crippen molar-refractivity contribution in [2.45, 2.75) is 18.4 Å². The fourth-order valence-corrected chi connectivity index (χ4v) is 3.56. The van der Waals surface area contributed by atoms with E-state index in [2.05, 4.69) is 4.72 Å². The van der Waals surface area contributed by atoms with Gasteiger partial charge in [-0.25, -0.2) is 17.5 Å². The Morgan fingerprint density at radius 2 is 2.05 bits per heavy atom. The molecule has 0 amide bonds. The van der Waals surface area contributed by atoms with E-state index in [1.165, 1.54) is 17.4 Å². The molecule has 0 fully saturated rings. The summed E-state index contributed by atoms with van der Waals surface area (Å²) in [5.41, 5.74) is 5.51. The molecule has 102 valence electrons. The summed E-state index contributed by atoms with van der Waals surface area (Å²) in [5.74, 6) is -0.674. The Morgan fingerprint density at radius 3 is 2.63 bits per heavy atom. The molecule has 0 saturated carbocycles. The molecule has 0 radical (unpaired) electrons. The van der Waals surface area contributed by atoms with Crippen LogP contribution in [0, 0.1) is 12.7 Å². The highest BCUT2D eigenvalue weighted by Crippen LogP contribution is 2.18. The van der Waals surface area contributed by atoms with Crippen LogP contribution in [-0.4, -0.2) is 8.42 Å². The van der Waals surface area contributed by atoms with Gasteiger partial charge in [-0.2, -0.15) is 0 Å². The van der Waals surface area contributed by atoms with E-state index in [0.717, 1.165) is 21.9 Å². The Kier molecular flexibility index (Phi) is 3.88. The highest BCUT2D eigenvalue weighted by Gasteiger charge is 2.15. The van der Waals surface area contributed by atoms with Gasteiger partial charge in [0.25, 0.3) is 0 Å². The zero-order chi connectivity index (χ0) is 14.0. The van der Waals surface area contributed by atoms with Crippen LogP contribution in [0.4, 0.5) is 10.1 Å². The highest BCUT2D eigenvalue weighted by molar-refractivity contribution is 7.89. The van der Waals surface area contributed by atoms with Crippen molar-refractivity contribution < 1.29 is 12.8 Å². The van der Waals surface area contributed by atoms with Crippen molar-refractivity contribution in [1.82, 2.24) is 4.72 Å². The van der Waals surface area contributed by atoms with Crippen LogP contribution in [0.5, 0.6) is 0 Å². The van der Waals surface area contributed by atoms with Crippen LogP contribution in [0.15, 0.2) is 35.2 Å². The molecule has 1 aromatic carbocycles. The summed E-state index contributed by atoms with van der Waals surface area (Å²) in [5, 5.41) is 0. The second-order valence-electron chi connectivity index (χ2n) is 4.06. The van der Waals surface area contributed by atoms with Crippen molar-refractivity contribution in [3.8, 4) is 0 Å². The maximum atomic E-state index is 13.2. The minimum Gasteiger partial charge on any atom is -0.399 e. The maximum Gasteiger partial charge on any atom is 0.241 e. The van der Waals surface area contributed by atoms with Crippen LogP contribution < -0.4 is 10.5 Å². The molecule has 1 aromatic heterocycles. The van der Waals surface area contributed by atoms with E-state index in [9.17, 15) is 12.8 Å². The van der Waals surface area contributed by atoms with Gasteiger partial charge in [0.05, 0.1) is 4.90 Å². The lowest BCUT2D eigenvalue weighted by Gasteiger charge is -2.06. The first-order valence-electron chi connectivity index (χ1n) is 5.48. The molecule has 3 N–H and O–H groups in total. The van der Waals surface area contributed by atoms with Crippen LogP contribution in [-0.2, 0) is 16.6 Å². The third kappa shape index (κ3) is 3.52. The van der Waals surface area contributed by atoms with E-state index < -0.39 is 15.8 Å². The Hall–Kier alpha value is -1.44. The molecule has 0 saturated heterocycles. The largest absolute Gasteiger partial charge is 0.399 e. The minimum atomic E-state index is -3.76. The lowest BCUT2D eigenvalue weighted by molar-refractivity contribution is 0.578. The van der Waals surface area contributed by atoms with Gasteiger partial charge in [0, 0.05) is 22.0 Å². The lowest BCUT2D eigenvalue weighted by Crippen LogP contribution is -2.23. The average molecular weight is 300 g/mol. The number of hydrogen-bond donors (Lipinski definition) is 2. The topological polar surface area (TPSA) is 72.2 Å². The van der Waals surface area contributed by atoms with Crippen LogP contribution >= 0.6 is 11.3 Å². The lowest BCUT2D eigenvalue weighted by atomic mass is 10.3. The van der Waals surface area contributed by atoms with Crippen molar-refractivity contribution in [1.29, 1.82) is 0 Å². The summed E-state index contributed by atoms with van der Waals surface area (Å²) in [6.45, 7) is 2.12. The van der Waals surface area contributed by atoms with E-state index in [1.807, 2.05) is 19.1 Å². The minimum absolute atomic E-state index is 0.0762. The van der Waals surface area contributed by atoms with Crippen molar-refractivity contribution >= 4 is 27.0 Å². The molecule has 0 spiro atoms. The summed E-state index contributed by atoms with van der Waals surface area (Å²) in [6, 6.07) is 7.00. The van der Waals surface area contributed by atoms with Gasteiger partial charge < -0.3 is 5.73 Å². The van der Waals surface area contributed by atoms with Crippen LogP contribution in [0.25, 0.3) is 0 Å². The summed E-state index contributed by atoms with van der Waals surface area (Å²) in [4.78, 5) is 1.83. The number of aryl methyl sites for hydroxylation is 1. The molecule has 0 atom stereocenters. The van der Waals surface area contributed by atoms with Crippen molar-refractivity contribution in [3.05, 3.63) is 45.9 Å². The van der Waals surface area contributed by atoms with Gasteiger partial charge >= 0.3 is 0 Å². The first-order valence-corrected chi connectivity index (χ1v) is 7.78. The summed E-state index contributed by atoms with van der Waals surface area (Å²) < 4.78 is 39.6. The van der Waals surface area contributed by atoms with Gasteiger partial charge in [-0.3, -0.25) is 0 Å². The Morgan fingerprint density at radius 1 is 1.32 bits per heavy atom. The zero-order valence-electron chi connectivity index (χ0n) is 10.2. The molecule has 7 heteroatoms. The standard InChI is InChI=1S/C12H13FN2O2S2/c1-8-2-3-11(18-8)7-15-19(16,17)12-5-9(13)4-10(14)6-12/h2-6,15H,7,14H2,1H3. The Bertz CT molecular complexity index is 675. The molecule has 2 rings (SSSR count). The van der Waals surface area contributed by atoms with Crippen LogP contribution in [0.3, 0.4) is 0 Å². The molecule has 0 bridgehead atoms. The third-order valence-electron chi connectivity index (χ3n) is 2.44. The normalized spacial score (nSPS) is 11.7. The number of benzene rings is 1. The Balaban J connectivity index is 2.18. The molecule has 1 heterocycles. The molecule has 19 heavy (non-hydrogen) atoms. The van der Waals surface area contributed by atoms with Gasteiger partial charge in [0.15, 0.2) is 0 Å². The molecule has 0 aliphatic carbocycles. The van der Waals surface area contributed by atoms with Crippen molar-refractivity contribution in [2.75, 3.05) is 5.73 Å². The average Bonchev–Trinajstić information content (AvgIpc) is 2.71. The van der Waals surface area contributed by atoms with E-state index >= 15 is 0 Å². The molecule has 0 aliphatic rings. The van der Waals surface area contributed by atoms with Gasteiger partial charge in [-0.05, 0) is 37.3 Å². The second-order valence-corrected chi connectivity index (χ2v) is 7.20. The van der Waals surface area contributed by atoms with Gasteiger partial charge in [0.2, 0.25) is 10.0 Å². The quantitative estimate of drug-likeness (QED) is 0.851. The van der Waals surface area contributed by atoms with Gasteiger partial charge in [-0.1, -0.05) is 0 Å². The van der Waals surface area contributed by atoms with Gasteiger partial charge in [-0.15, -0.1) is 11.3 Å². The number of nitrogens with two attached hydrogens (primary N) is 1. The van der Waals surface area contributed by atoms with E-state index in [4.69, 9.17) is 5.73 Å². The monoisotopic (exact) mass is 300 g/mol. The highest BCUT2D eigenvalue weighted by atomic mass is 32.2. The molecular formula is C12H13FN2O2S2. The van der Waals surface area contributed by atoms with Crippen molar-refractivity contribution in [3.63, 3.8) is 0 Å². The van der Waals surface area contributed by atoms with E-state index in [1.54, 1.807) is 0 Å². The number of rotatable bonds is 4. The van der Waals surface area contributed by atoms with Crippen LogP contribution in [0.1, 0.15) is 9.75 Å². The van der Waals surface area contributed by atoms with Crippen molar-refractivity contribution in [2.24, 2.45) is 0 Å². The second kappa shape index (κ2) is 5.28. The smallest absolute Gasteiger partial charge is 0.241 e. The first-order chi connectivity index (χ1) is 8.87. The van der Waals surface area contributed by atoms with Crippen LogP contribution in [0.2, 0.25) is 0 Å². The molecule has 0 aliphatic heterocycles. The predicted molar refractivity (Wildman–Crippen MR) is 73.9 cm³/mol. The van der Waals surface area contributed by atoms with E-state index in [0.29, 0.717) is 0 Å². The summed E-state index contributed by atoms with van der Waals surface area (Å²) in [6.07, 6.45) is 0. The fraction of sp³-hybridized carbons (Fsp3) is 0.167. The number of sulfonamides is 1. The first kappa shape index (κ1) is 14.0. The summed E-state index contributed by atoms with van der Waals surface area (Å²) in [7, 11) is -3.76. The predicted octanol–water partition coefficient (Wildman–Crippen LogP) is 2.26. The maximum absolute atomic E-state index is 13.2. The van der Waals surface area contributed by atoms with E-state index in [-0.39, 0.29) is 17.1 Å². The fourth-order valence-electron chi connectivity index (χ4n) is 1.57. The molecule has 4 nitrogen and oxygen atoms in total.